The van der Waals surface area contributed by atoms with Gasteiger partial charge in [0.05, 0.1) is 5.57 Å². The molecule has 0 saturated carbocycles. The summed E-state index contributed by atoms with van der Waals surface area (Å²) in [6, 6.07) is 0. The number of halogens is 4. The number of alkyl halides is 4. The summed E-state index contributed by atoms with van der Waals surface area (Å²) in [7, 11) is 0. The van der Waals surface area contributed by atoms with Gasteiger partial charge in [-0.15, -0.1) is 0 Å². The number of rotatable bonds is 1. The molecule has 1 aliphatic rings. The third-order valence-corrected chi connectivity index (χ3v) is 2.51. The van der Waals surface area contributed by atoms with Crippen molar-refractivity contribution in [1.82, 2.24) is 0 Å². The minimum atomic E-state index is -4.20. The first-order chi connectivity index (χ1) is 5.54. The van der Waals surface area contributed by atoms with Gasteiger partial charge in [0.1, 0.15) is 0 Å². The van der Waals surface area contributed by atoms with Crippen LogP contribution in [0.4, 0.5) is 13.2 Å². The number of hydrogen-bond acceptors (Lipinski definition) is 0. The largest absolute Gasteiger partial charge is 0.416 e. The van der Waals surface area contributed by atoms with Gasteiger partial charge in [-0.2, -0.15) is 13.2 Å². The summed E-state index contributed by atoms with van der Waals surface area (Å²) in [5.41, 5.74) is -0.529. The Bertz CT molecular complexity index is 215. The molecule has 0 aromatic rings. The molecule has 0 fully saturated rings. The van der Waals surface area contributed by atoms with Crippen LogP contribution in [0.2, 0.25) is 0 Å². The quantitative estimate of drug-likeness (QED) is 0.617. The normalized spacial score (nSPS) is 24.0. The lowest BCUT2D eigenvalue weighted by Gasteiger charge is -2.15. The second kappa shape index (κ2) is 3.64. The smallest absolute Gasteiger partial charge is 0.166 e. The third-order valence-electron chi connectivity index (χ3n) is 1.68. The van der Waals surface area contributed by atoms with Gasteiger partial charge in [0, 0.05) is 5.33 Å². The molecule has 12 heavy (non-hydrogen) atoms. The van der Waals surface area contributed by atoms with Gasteiger partial charge < -0.3 is 0 Å². The molecule has 4 heteroatoms. The van der Waals surface area contributed by atoms with Gasteiger partial charge in [-0.05, 0) is 12.3 Å². The van der Waals surface area contributed by atoms with E-state index in [4.69, 9.17) is 0 Å². The Morgan fingerprint density at radius 1 is 1.50 bits per heavy atom. The maximum absolute atomic E-state index is 12.1. The Morgan fingerprint density at radius 3 is 2.67 bits per heavy atom. The molecule has 0 nitrogen and oxygen atoms in total. The van der Waals surface area contributed by atoms with Crippen LogP contribution in [0.25, 0.3) is 0 Å². The third kappa shape index (κ3) is 2.37. The topological polar surface area (TPSA) is 0 Å². The zero-order valence-electron chi connectivity index (χ0n) is 6.24. The molecule has 0 N–H and O–H groups in total. The van der Waals surface area contributed by atoms with Crippen LogP contribution >= 0.6 is 15.9 Å². The van der Waals surface area contributed by atoms with Crippen molar-refractivity contribution in [2.45, 2.75) is 12.6 Å². The summed E-state index contributed by atoms with van der Waals surface area (Å²) < 4.78 is 36.3. The van der Waals surface area contributed by atoms with Crippen molar-refractivity contribution >= 4 is 15.9 Å². The predicted octanol–water partition coefficient (Wildman–Crippen LogP) is 3.45. The molecule has 0 amide bonds. The van der Waals surface area contributed by atoms with Crippen molar-refractivity contribution in [3.63, 3.8) is 0 Å². The van der Waals surface area contributed by atoms with Gasteiger partial charge in [-0.3, -0.25) is 0 Å². The predicted molar refractivity (Wildman–Crippen MR) is 45.2 cm³/mol. The molecule has 0 saturated heterocycles. The van der Waals surface area contributed by atoms with Gasteiger partial charge in [-0.1, -0.05) is 34.2 Å². The molecule has 0 aromatic carbocycles. The Kier molecular flexibility index (Phi) is 2.99. The van der Waals surface area contributed by atoms with Crippen LogP contribution in [-0.2, 0) is 0 Å². The van der Waals surface area contributed by atoms with E-state index in [0.717, 1.165) is 6.08 Å². The maximum Gasteiger partial charge on any atom is 0.416 e. The van der Waals surface area contributed by atoms with Gasteiger partial charge in [0.25, 0.3) is 0 Å². The van der Waals surface area contributed by atoms with E-state index in [-0.39, 0.29) is 5.92 Å². The molecule has 68 valence electrons. The van der Waals surface area contributed by atoms with Crippen LogP contribution in [0.3, 0.4) is 0 Å². The van der Waals surface area contributed by atoms with E-state index in [9.17, 15) is 13.2 Å². The second-order valence-corrected chi connectivity index (χ2v) is 3.32. The second-order valence-electron chi connectivity index (χ2n) is 2.67. The molecule has 0 heterocycles. The van der Waals surface area contributed by atoms with Crippen molar-refractivity contribution < 1.29 is 13.2 Å². The standard InChI is InChI=1S/C8H8BrF3/c9-5-6-2-1-3-7(4-6)8(10,11)12/h1,3-4,6H,2,5H2. The van der Waals surface area contributed by atoms with Crippen molar-refractivity contribution in [2.75, 3.05) is 5.33 Å². The minimum absolute atomic E-state index is 0.0216. The van der Waals surface area contributed by atoms with Crippen LogP contribution in [0, 0.1) is 5.92 Å². The number of hydrogen-bond donors (Lipinski definition) is 0. The van der Waals surface area contributed by atoms with Gasteiger partial charge in [0.2, 0.25) is 0 Å². The molecule has 1 rings (SSSR count). The molecule has 0 bridgehead atoms. The average molecular weight is 241 g/mol. The van der Waals surface area contributed by atoms with Crippen LogP contribution in [0.5, 0.6) is 0 Å². The highest BCUT2D eigenvalue weighted by Gasteiger charge is 2.33. The highest BCUT2D eigenvalue weighted by molar-refractivity contribution is 9.09. The first-order valence-corrected chi connectivity index (χ1v) is 4.67. The summed E-state index contributed by atoms with van der Waals surface area (Å²) in [4.78, 5) is 0. The maximum atomic E-state index is 12.1. The zero-order chi connectivity index (χ0) is 9.19. The van der Waals surface area contributed by atoms with E-state index >= 15 is 0 Å². The first kappa shape index (κ1) is 9.84. The van der Waals surface area contributed by atoms with Crippen molar-refractivity contribution in [2.24, 2.45) is 5.92 Å². The Morgan fingerprint density at radius 2 is 2.17 bits per heavy atom. The SMILES string of the molecule is FC(F)(F)C1=CC(CBr)CC=C1. The summed E-state index contributed by atoms with van der Waals surface area (Å²) in [5.74, 6) is -0.0216. The lowest BCUT2D eigenvalue weighted by Crippen LogP contribution is -2.14. The monoisotopic (exact) mass is 240 g/mol. The van der Waals surface area contributed by atoms with E-state index < -0.39 is 11.7 Å². The van der Waals surface area contributed by atoms with E-state index in [1.807, 2.05) is 0 Å². The molecule has 0 aliphatic heterocycles. The van der Waals surface area contributed by atoms with Gasteiger partial charge in [0.15, 0.2) is 0 Å². The van der Waals surface area contributed by atoms with E-state index in [1.54, 1.807) is 6.08 Å². The molecular formula is C8H8BrF3. The van der Waals surface area contributed by atoms with Crippen molar-refractivity contribution in [1.29, 1.82) is 0 Å². The molecule has 1 atom stereocenters. The molecule has 0 radical (unpaired) electrons. The molecule has 0 spiro atoms. The van der Waals surface area contributed by atoms with Crippen molar-refractivity contribution in [3.05, 3.63) is 23.8 Å². The molecule has 0 aromatic heterocycles. The van der Waals surface area contributed by atoms with E-state index in [1.165, 1.54) is 6.08 Å². The minimum Gasteiger partial charge on any atom is -0.166 e. The summed E-state index contributed by atoms with van der Waals surface area (Å²) >= 11 is 3.16. The molecule has 1 aliphatic carbocycles. The van der Waals surface area contributed by atoms with Crippen LogP contribution in [0.15, 0.2) is 23.8 Å². The fourth-order valence-corrected chi connectivity index (χ4v) is 1.50. The Hall–Kier alpha value is -0.250. The van der Waals surface area contributed by atoms with E-state index in [0.29, 0.717) is 11.8 Å². The summed E-state index contributed by atoms with van der Waals surface area (Å²) in [6.45, 7) is 0. The highest BCUT2D eigenvalue weighted by atomic mass is 79.9. The Balaban J connectivity index is 2.77. The fraction of sp³-hybridized carbons (Fsp3) is 0.500. The zero-order valence-corrected chi connectivity index (χ0v) is 7.82. The van der Waals surface area contributed by atoms with Crippen LogP contribution in [0.1, 0.15) is 6.42 Å². The van der Waals surface area contributed by atoms with Crippen LogP contribution in [-0.4, -0.2) is 11.5 Å². The van der Waals surface area contributed by atoms with Crippen molar-refractivity contribution in [3.8, 4) is 0 Å². The lowest BCUT2D eigenvalue weighted by atomic mass is 9.98. The summed E-state index contributed by atoms with van der Waals surface area (Å²) in [6.07, 6.45) is 0.463. The molecule has 1 unspecified atom stereocenters. The fourth-order valence-electron chi connectivity index (χ4n) is 1.04. The first-order valence-electron chi connectivity index (χ1n) is 3.55. The Labute approximate surface area is 77.3 Å². The van der Waals surface area contributed by atoms with Crippen LogP contribution < -0.4 is 0 Å². The van der Waals surface area contributed by atoms with E-state index in [2.05, 4.69) is 15.9 Å². The summed E-state index contributed by atoms with van der Waals surface area (Å²) in [5, 5.41) is 0.580. The highest BCUT2D eigenvalue weighted by Crippen LogP contribution is 2.31. The average Bonchev–Trinajstić information content (AvgIpc) is 2.03. The number of allylic oxidation sites excluding steroid dienone is 4. The lowest BCUT2D eigenvalue weighted by molar-refractivity contribution is -0.0888. The van der Waals surface area contributed by atoms with Gasteiger partial charge >= 0.3 is 6.18 Å². The van der Waals surface area contributed by atoms with Gasteiger partial charge in [-0.25, -0.2) is 0 Å². The molecular weight excluding hydrogens is 233 g/mol.